The highest BCUT2D eigenvalue weighted by Crippen LogP contribution is 2.34. The number of nitro groups is 1. The number of hydrogen-bond acceptors (Lipinski definition) is 7. The van der Waals surface area contributed by atoms with E-state index < -0.39 is 16.8 Å². The summed E-state index contributed by atoms with van der Waals surface area (Å²) >= 11 is 0. The summed E-state index contributed by atoms with van der Waals surface area (Å²) in [6, 6.07) is 3.82. The van der Waals surface area contributed by atoms with E-state index in [0.717, 1.165) is 12.3 Å². The zero-order chi connectivity index (χ0) is 19.3. The number of ether oxygens (including phenoxy) is 2. The van der Waals surface area contributed by atoms with E-state index >= 15 is 0 Å². The predicted molar refractivity (Wildman–Crippen MR) is 87.9 cm³/mol. The Balaban J connectivity index is 2.09. The average molecular weight is 364 g/mol. The van der Waals surface area contributed by atoms with E-state index in [-0.39, 0.29) is 35.7 Å². The number of nitrogens with zero attached hydrogens (tertiary/aromatic N) is 1. The van der Waals surface area contributed by atoms with Crippen molar-refractivity contribution < 1.29 is 33.5 Å². The number of amides is 1. The number of carboxylic acids is 1. The molecule has 0 aliphatic carbocycles. The molecule has 1 aromatic heterocycles. The lowest BCUT2D eigenvalue weighted by Gasteiger charge is -2.10. The van der Waals surface area contributed by atoms with Gasteiger partial charge in [-0.25, -0.2) is 4.79 Å². The van der Waals surface area contributed by atoms with Gasteiger partial charge in [-0.2, -0.15) is 0 Å². The van der Waals surface area contributed by atoms with Crippen molar-refractivity contribution in [1.82, 2.24) is 5.32 Å². The van der Waals surface area contributed by atoms with E-state index in [0.29, 0.717) is 11.3 Å². The maximum atomic E-state index is 11.9. The second-order valence-electron chi connectivity index (χ2n) is 5.10. The van der Waals surface area contributed by atoms with Crippen LogP contribution in [0.1, 0.15) is 26.5 Å². The average Bonchev–Trinajstić information content (AvgIpc) is 3.11. The summed E-state index contributed by atoms with van der Waals surface area (Å²) < 4.78 is 15.1. The lowest BCUT2D eigenvalue weighted by atomic mass is 10.1. The SMILES string of the molecule is COc1cc(CCNC(=O)c2cc(C(=O)O)co2)c([N+](=O)[O-])cc1OC. The molecular formula is C16H16N2O8. The molecule has 2 N–H and O–H groups in total. The second-order valence-corrected chi connectivity index (χ2v) is 5.10. The molecule has 0 aliphatic rings. The van der Waals surface area contributed by atoms with E-state index in [1.165, 1.54) is 26.4 Å². The predicted octanol–water partition coefficient (Wildman–Crippen LogP) is 1.88. The Morgan fingerprint density at radius 2 is 1.88 bits per heavy atom. The number of furan rings is 1. The molecule has 26 heavy (non-hydrogen) atoms. The first-order valence-corrected chi connectivity index (χ1v) is 7.36. The molecule has 1 amide bonds. The molecule has 0 aliphatic heterocycles. The van der Waals surface area contributed by atoms with E-state index in [2.05, 4.69) is 5.32 Å². The van der Waals surface area contributed by atoms with Crippen LogP contribution in [0.25, 0.3) is 0 Å². The Morgan fingerprint density at radius 1 is 1.23 bits per heavy atom. The first-order chi connectivity index (χ1) is 12.4. The molecule has 0 fully saturated rings. The van der Waals surface area contributed by atoms with Crippen molar-refractivity contribution in [2.24, 2.45) is 0 Å². The van der Waals surface area contributed by atoms with Crippen molar-refractivity contribution in [3.63, 3.8) is 0 Å². The van der Waals surface area contributed by atoms with Gasteiger partial charge in [-0.1, -0.05) is 0 Å². The zero-order valence-electron chi connectivity index (χ0n) is 14.0. The number of carboxylic acid groups (broad SMARTS) is 1. The Kier molecular flexibility index (Phi) is 5.78. The van der Waals surface area contributed by atoms with Gasteiger partial charge in [0.2, 0.25) is 0 Å². The lowest BCUT2D eigenvalue weighted by molar-refractivity contribution is -0.385. The van der Waals surface area contributed by atoms with Crippen LogP contribution in [-0.2, 0) is 6.42 Å². The number of carbonyl (C=O) groups excluding carboxylic acids is 1. The maximum absolute atomic E-state index is 11.9. The minimum Gasteiger partial charge on any atom is -0.493 e. The largest absolute Gasteiger partial charge is 0.493 e. The van der Waals surface area contributed by atoms with Gasteiger partial charge in [-0.15, -0.1) is 0 Å². The highest BCUT2D eigenvalue weighted by molar-refractivity contribution is 5.95. The van der Waals surface area contributed by atoms with Gasteiger partial charge in [0.05, 0.1) is 30.8 Å². The molecule has 0 spiro atoms. The van der Waals surface area contributed by atoms with Crippen molar-refractivity contribution in [2.45, 2.75) is 6.42 Å². The molecule has 0 radical (unpaired) electrons. The van der Waals surface area contributed by atoms with Crippen LogP contribution in [0.15, 0.2) is 28.9 Å². The fraction of sp³-hybridized carbons (Fsp3) is 0.250. The Labute approximate surface area is 147 Å². The fourth-order valence-electron chi connectivity index (χ4n) is 2.25. The molecule has 2 aromatic rings. The molecule has 0 bridgehead atoms. The molecule has 138 valence electrons. The van der Waals surface area contributed by atoms with Gasteiger partial charge < -0.3 is 24.3 Å². The third kappa shape index (κ3) is 4.09. The van der Waals surface area contributed by atoms with Gasteiger partial charge in [0, 0.05) is 18.2 Å². The maximum Gasteiger partial charge on any atom is 0.338 e. The number of nitrogens with one attached hydrogen (secondary N) is 1. The summed E-state index contributed by atoms with van der Waals surface area (Å²) in [4.78, 5) is 33.4. The highest BCUT2D eigenvalue weighted by atomic mass is 16.6. The Hall–Kier alpha value is -3.56. The minimum atomic E-state index is -1.21. The summed E-state index contributed by atoms with van der Waals surface area (Å²) in [5, 5.41) is 22.5. The zero-order valence-corrected chi connectivity index (χ0v) is 14.0. The molecule has 0 unspecified atom stereocenters. The topological polar surface area (TPSA) is 141 Å². The van der Waals surface area contributed by atoms with Crippen LogP contribution in [0, 0.1) is 10.1 Å². The number of benzene rings is 1. The van der Waals surface area contributed by atoms with Crippen LogP contribution < -0.4 is 14.8 Å². The lowest BCUT2D eigenvalue weighted by Crippen LogP contribution is -2.25. The van der Waals surface area contributed by atoms with Crippen molar-refractivity contribution in [3.05, 3.63) is 51.5 Å². The number of rotatable bonds is 8. The van der Waals surface area contributed by atoms with Gasteiger partial charge in [0.15, 0.2) is 17.3 Å². The molecule has 10 heteroatoms. The first kappa shape index (κ1) is 18.8. The molecule has 10 nitrogen and oxygen atoms in total. The van der Waals surface area contributed by atoms with E-state index in [1.807, 2.05) is 0 Å². The van der Waals surface area contributed by atoms with Crippen molar-refractivity contribution in [1.29, 1.82) is 0 Å². The molecule has 2 rings (SSSR count). The number of methoxy groups -OCH3 is 2. The van der Waals surface area contributed by atoms with Crippen LogP contribution in [0.5, 0.6) is 11.5 Å². The van der Waals surface area contributed by atoms with E-state index in [9.17, 15) is 19.7 Å². The molecular weight excluding hydrogens is 348 g/mol. The van der Waals surface area contributed by atoms with Crippen molar-refractivity contribution >= 4 is 17.6 Å². The molecule has 0 atom stereocenters. The quantitative estimate of drug-likeness (QED) is 0.534. The highest BCUT2D eigenvalue weighted by Gasteiger charge is 2.20. The van der Waals surface area contributed by atoms with Gasteiger partial charge in [0.1, 0.15) is 6.26 Å². The summed E-state index contributed by atoms with van der Waals surface area (Å²) in [6.45, 7) is 0.0677. The smallest absolute Gasteiger partial charge is 0.338 e. The van der Waals surface area contributed by atoms with Crippen LogP contribution >= 0.6 is 0 Å². The summed E-state index contributed by atoms with van der Waals surface area (Å²) in [6.07, 6.45) is 1.10. The van der Waals surface area contributed by atoms with Crippen molar-refractivity contribution in [3.8, 4) is 11.5 Å². The first-order valence-electron chi connectivity index (χ1n) is 7.36. The summed E-state index contributed by atoms with van der Waals surface area (Å²) in [7, 11) is 2.78. The third-order valence-corrected chi connectivity index (χ3v) is 3.53. The molecule has 1 aromatic carbocycles. The van der Waals surface area contributed by atoms with Gasteiger partial charge in [-0.3, -0.25) is 14.9 Å². The van der Waals surface area contributed by atoms with Crippen LogP contribution in [0.2, 0.25) is 0 Å². The Morgan fingerprint density at radius 3 is 2.42 bits per heavy atom. The van der Waals surface area contributed by atoms with Crippen LogP contribution in [-0.4, -0.2) is 42.7 Å². The molecule has 1 heterocycles. The minimum absolute atomic E-state index is 0.0677. The molecule has 0 saturated carbocycles. The third-order valence-electron chi connectivity index (χ3n) is 3.53. The Bertz CT molecular complexity index is 843. The fourth-order valence-corrected chi connectivity index (χ4v) is 2.25. The van der Waals surface area contributed by atoms with Crippen LogP contribution in [0.3, 0.4) is 0 Å². The normalized spacial score (nSPS) is 10.2. The van der Waals surface area contributed by atoms with Gasteiger partial charge in [-0.05, 0) is 12.5 Å². The number of nitro benzene ring substituents is 1. The van der Waals surface area contributed by atoms with E-state index in [1.54, 1.807) is 0 Å². The second kappa shape index (κ2) is 8.01. The molecule has 0 saturated heterocycles. The van der Waals surface area contributed by atoms with Gasteiger partial charge >= 0.3 is 5.97 Å². The van der Waals surface area contributed by atoms with E-state index in [4.69, 9.17) is 19.0 Å². The van der Waals surface area contributed by atoms with Crippen LogP contribution in [0.4, 0.5) is 5.69 Å². The number of aromatic carboxylic acids is 1. The van der Waals surface area contributed by atoms with Crippen molar-refractivity contribution in [2.75, 3.05) is 20.8 Å². The number of hydrogen-bond donors (Lipinski definition) is 2. The number of carbonyl (C=O) groups is 2. The standard InChI is InChI=1S/C16H16N2O8/c1-24-12-5-9(11(18(22)23)7-13(12)25-2)3-4-17-15(19)14-6-10(8-26-14)16(20)21/h5-8H,3-4H2,1-2H3,(H,17,19)(H,20,21). The summed E-state index contributed by atoms with van der Waals surface area (Å²) in [5.41, 5.74) is 0.0346. The summed E-state index contributed by atoms with van der Waals surface area (Å²) in [5.74, 6) is -1.45. The van der Waals surface area contributed by atoms with Gasteiger partial charge in [0.25, 0.3) is 11.6 Å². The monoisotopic (exact) mass is 364 g/mol.